The van der Waals surface area contributed by atoms with Crippen molar-refractivity contribution in [3.05, 3.63) is 34.9 Å². The molecule has 1 aromatic rings. The van der Waals surface area contributed by atoms with Gasteiger partial charge in [-0.25, -0.2) is 0 Å². The number of hydrogen-bond acceptors (Lipinski definition) is 2. The molecule has 1 saturated carbocycles. The van der Waals surface area contributed by atoms with Crippen molar-refractivity contribution in [2.24, 2.45) is 5.92 Å². The summed E-state index contributed by atoms with van der Waals surface area (Å²) in [5.41, 5.74) is 1.67. The van der Waals surface area contributed by atoms with E-state index in [0.29, 0.717) is 5.41 Å². The summed E-state index contributed by atoms with van der Waals surface area (Å²) in [4.78, 5) is 0. The molecule has 0 aliphatic heterocycles. The van der Waals surface area contributed by atoms with E-state index in [4.69, 9.17) is 16.3 Å². The standard InChI is InChI=1S/C14H20ClNO/c1-14(11-4-3-5-13(15)8-11)9-12(14)10-16-6-7-17-2/h3-5,8,12,16H,6-7,9-10H2,1-2H3. The van der Waals surface area contributed by atoms with Crippen molar-refractivity contribution in [1.82, 2.24) is 5.32 Å². The Morgan fingerprint density at radius 3 is 3.06 bits per heavy atom. The van der Waals surface area contributed by atoms with Crippen LogP contribution in [0.5, 0.6) is 0 Å². The summed E-state index contributed by atoms with van der Waals surface area (Å²) in [6.45, 7) is 5.09. The zero-order valence-corrected chi connectivity index (χ0v) is 11.3. The number of rotatable bonds is 6. The normalized spacial score (nSPS) is 27.1. The summed E-state index contributed by atoms with van der Waals surface area (Å²) in [7, 11) is 1.73. The molecule has 2 unspecified atom stereocenters. The van der Waals surface area contributed by atoms with E-state index in [1.807, 2.05) is 12.1 Å². The minimum Gasteiger partial charge on any atom is -0.383 e. The second-order valence-electron chi connectivity index (χ2n) is 5.03. The van der Waals surface area contributed by atoms with Crippen LogP contribution in [0.1, 0.15) is 18.9 Å². The maximum Gasteiger partial charge on any atom is 0.0587 e. The van der Waals surface area contributed by atoms with Gasteiger partial charge in [0.25, 0.3) is 0 Å². The lowest BCUT2D eigenvalue weighted by molar-refractivity contribution is 0.199. The van der Waals surface area contributed by atoms with Crippen LogP contribution in [0.3, 0.4) is 0 Å². The minimum atomic E-state index is 0.310. The highest BCUT2D eigenvalue weighted by Crippen LogP contribution is 2.53. The molecule has 0 spiro atoms. The molecule has 1 aromatic carbocycles. The van der Waals surface area contributed by atoms with Gasteiger partial charge in [0.15, 0.2) is 0 Å². The molecule has 17 heavy (non-hydrogen) atoms. The Hall–Kier alpha value is -0.570. The van der Waals surface area contributed by atoms with Gasteiger partial charge in [0, 0.05) is 18.7 Å². The molecule has 1 N–H and O–H groups in total. The summed E-state index contributed by atoms with van der Waals surface area (Å²) in [6, 6.07) is 8.25. The van der Waals surface area contributed by atoms with E-state index in [-0.39, 0.29) is 0 Å². The van der Waals surface area contributed by atoms with E-state index in [1.165, 1.54) is 12.0 Å². The third kappa shape index (κ3) is 3.01. The fraction of sp³-hybridized carbons (Fsp3) is 0.571. The number of ether oxygens (including phenoxy) is 1. The molecule has 94 valence electrons. The summed E-state index contributed by atoms with van der Waals surface area (Å²) >= 11 is 6.04. The van der Waals surface area contributed by atoms with Gasteiger partial charge in [-0.2, -0.15) is 0 Å². The van der Waals surface area contributed by atoms with Gasteiger partial charge in [0.2, 0.25) is 0 Å². The highest BCUT2D eigenvalue weighted by Gasteiger charge is 2.50. The molecule has 3 heteroatoms. The largest absolute Gasteiger partial charge is 0.383 e. The fourth-order valence-corrected chi connectivity index (χ4v) is 2.59. The molecule has 2 rings (SSSR count). The molecule has 0 aromatic heterocycles. The predicted molar refractivity (Wildman–Crippen MR) is 71.7 cm³/mol. The smallest absolute Gasteiger partial charge is 0.0587 e. The van der Waals surface area contributed by atoms with E-state index >= 15 is 0 Å². The van der Waals surface area contributed by atoms with Crippen molar-refractivity contribution in [1.29, 1.82) is 0 Å². The van der Waals surface area contributed by atoms with Gasteiger partial charge >= 0.3 is 0 Å². The lowest BCUT2D eigenvalue weighted by Crippen LogP contribution is -2.23. The number of halogens is 1. The molecular formula is C14H20ClNO. The van der Waals surface area contributed by atoms with Crippen molar-refractivity contribution in [2.75, 3.05) is 26.8 Å². The fourth-order valence-electron chi connectivity index (χ4n) is 2.40. The number of methoxy groups -OCH3 is 1. The molecule has 1 aliphatic rings. The van der Waals surface area contributed by atoms with Crippen molar-refractivity contribution in [3.8, 4) is 0 Å². The molecule has 0 bridgehead atoms. The molecule has 2 atom stereocenters. The first-order valence-electron chi connectivity index (χ1n) is 6.12. The van der Waals surface area contributed by atoms with Crippen LogP contribution in [0, 0.1) is 5.92 Å². The van der Waals surface area contributed by atoms with Crippen molar-refractivity contribution < 1.29 is 4.74 Å². The monoisotopic (exact) mass is 253 g/mol. The van der Waals surface area contributed by atoms with Crippen LogP contribution in [-0.2, 0) is 10.2 Å². The van der Waals surface area contributed by atoms with Gasteiger partial charge in [0.1, 0.15) is 0 Å². The predicted octanol–water partition coefficient (Wildman–Crippen LogP) is 2.85. The van der Waals surface area contributed by atoms with Crippen LogP contribution < -0.4 is 5.32 Å². The second-order valence-corrected chi connectivity index (χ2v) is 5.46. The molecule has 0 amide bonds. The van der Waals surface area contributed by atoms with Gasteiger partial charge in [-0.3, -0.25) is 0 Å². The van der Waals surface area contributed by atoms with Gasteiger partial charge in [-0.05, 0) is 42.0 Å². The summed E-state index contributed by atoms with van der Waals surface area (Å²) in [6.07, 6.45) is 1.24. The van der Waals surface area contributed by atoms with Crippen LogP contribution in [0.2, 0.25) is 5.02 Å². The van der Waals surface area contributed by atoms with E-state index in [9.17, 15) is 0 Å². The van der Waals surface area contributed by atoms with Crippen molar-refractivity contribution >= 4 is 11.6 Å². The first kappa shape index (κ1) is 12.9. The molecule has 0 saturated heterocycles. The Kier molecular flexibility index (Phi) is 4.08. The maximum absolute atomic E-state index is 6.04. The summed E-state index contributed by atoms with van der Waals surface area (Å²) in [5, 5.41) is 4.26. The minimum absolute atomic E-state index is 0.310. The maximum atomic E-state index is 6.04. The average molecular weight is 254 g/mol. The van der Waals surface area contributed by atoms with Gasteiger partial charge < -0.3 is 10.1 Å². The van der Waals surface area contributed by atoms with E-state index in [1.54, 1.807) is 7.11 Å². The van der Waals surface area contributed by atoms with Gasteiger partial charge in [0.05, 0.1) is 6.61 Å². The summed E-state index contributed by atoms with van der Waals surface area (Å²) in [5.74, 6) is 0.720. The highest BCUT2D eigenvalue weighted by atomic mass is 35.5. The van der Waals surface area contributed by atoms with Crippen LogP contribution >= 0.6 is 11.6 Å². The van der Waals surface area contributed by atoms with Crippen LogP contribution in [0.25, 0.3) is 0 Å². The lowest BCUT2D eigenvalue weighted by Gasteiger charge is -2.12. The quantitative estimate of drug-likeness (QED) is 0.788. The van der Waals surface area contributed by atoms with E-state index < -0.39 is 0 Å². The molecule has 1 fully saturated rings. The first-order chi connectivity index (χ1) is 8.16. The Balaban J connectivity index is 1.86. The topological polar surface area (TPSA) is 21.3 Å². The molecule has 2 nitrogen and oxygen atoms in total. The Bertz CT molecular complexity index is 382. The van der Waals surface area contributed by atoms with E-state index in [2.05, 4.69) is 24.4 Å². The Morgan fingerprint density at radius 2 is 2.35 bits per heavy atom. The van der Waals surface area contributed by atoms with Gasteiger partial charge in [-0.15, -0.1) is 0 Å². The third-order valence-corrected chi connectivity index (χ3v) is 4.00. The number of benzene rings is 1. The van der Waals surface area contributed by atoms with Crippen molar-refractivity contribution in [3.63, 3.8) is 0 Å². The highest BCUT2D eigenvalue weighted by molar-refractivity contribution is 6.30. The Labute approximate surface area is 108 Å². The lowest BCUT2D eigenvalue weighted by atomic mass is 9.95. The van der Waals surface area contributed by atoms with Crippen molar-refractivity contribution in [2.45, 2.75) is 18.8 Å². The van der Waals surface area contributed by atoms with Gasteiger partial charge in [-0.1, -0.05) is 30.7 Å². The van der Waals surface area contributed by atoms with Crippen LogP contribution in [-0.4, -0.2) is 26.8 Å². The molecule has 0 radical (unpaired) electrons. The third-order valence-electron chi connectivity index (χ3n) is 3.77. The molecule has 1 aliphatic carbocycles. The SMILES string of the molecule is COCCNCC1CC1(C)c1cccc(Cl)c1. The second kappa shape index (κ2) is 5.38. The Morgan fingerprint density at radius 1 is 1.53 bits per heavy atom. The molecule has 0 heterocycles. The molecular weight excluding hydrogens is 234 g/mol. The van der Waals surface area contributed by atoms with Crippen LogP contribution in [0.15, 0.2) is 24.3 Å². The summed E-state index contributed by atoms with van der Waals surface area (Å²) < 4.78 is 5.02. The average Bonchev–Trinajstić information content (AvgIpc) is 2.98. The first-order valence-corrected chi connectivity index (χ1v) is 6.50. The zero-order valence-electron chi connectivity index (χ0n) is 10.5. The van der Waals surface area contributed by atoms with E-state index in [0.717, 1.165) is 30.6 Å². The number of hydrogen-bond donors (Lipinski definition) is 1. The number of nitrogens with one attached hydrogen (secondary N) is 1. The van der Waals surface area contributed by atoms with Crippen LogP contribution in [0.4, 0.5) is 0 Å². The zero-order chi connectivity index (χ0) is 12.3.